The van der Waals surface area contributed by atoms with E-state index in [9.17, 15) is 26.7 Å². The van der Waals surface area contributed by atoms with E-state index in [1.54, 1.807) is 0 Å². The fourth-order valence-corrected chi connectivity index (χ4v) is 3.08. The number of carbonyl (C=O) groups excluding carboxylic acids is 1. The smallest absolute Gasteiger partial charge is 0.342 e. The summed E-state index contributed by atoms with van der Waals surface area (Å²) in [6.45, 7) is 1.48. The molecule has 0 aliphatic heterocycles. The molecule has 3 aromatic rings. The van der Waals surface area contributed by atoms with Gasteiger partial charge in [0.05, 0.1) is 17.2 Å². The van der Waals surface area contributed by atoms with Gasteiger partial charge in [-0.2, -0.15) is 23.1 Å². The molecule has 1 aromatic carbocycles. The Morgan fingerprint density at radius 2 is 1.97 bits per heavy atom. The molecule has 0 bridgehead atoms. The van der Waals surface area contributed by atoms with Crippen LogP contribution in [0, 0.1) is 11.3 Å². The molecule has 0 saturated heterocycles. The lowest BCUT2D eigenvalue weighted by Gasteiger charge is -2.16. The first-order chi connectivity index (χ1) is 15.0. The van der Waals surface area contributed by atoms with E-state index in [0.717, 1.165) is 0 Å². The number of rotatable bonds is 5. The molecule has 166 valence electrons. The Balaban J connectivity index is 1.91. The number of amides is 1. The van der Waals surface area contributed by atoms with Gasteiger partial charge in [0.15, 0.2) is 11.6 Å². The van der Waals surface area contributed by atoms with Gasteiger partial charge in [-0.25, -0.2) is 18.7 Å². The van der Waals surface area contributed by atoms with Crippen LogP contribution in [0.4, 0.5) is 22.0 Å². The third-order valence-electron chi connectivity index (χ3n) is 4.23. The molecule has 32 heavy (non-hydrogen) atoms. The molecule has 0 spiro atoms. The first-order valence-electron chi connectivity index (χ1n) is 8.79. The van der Waals surface area contributed by atoms with Crippen LogP contribution in [0.25, 0.3) is 5.82 Å². The summed E-state index contributed by atoms with van der Waals surface area (Å²) < 4.78 is 66.7. The number of carbonyl (C=O) groups is 1. The molecule has 1 N–H and O–H groups in total. The largest absolute Gasteiger partial charge is 0.416 e. The average Bonchev–Trinajstić information content (AvgIpc) is 3.14. The van der Waals surface area contributed by atoms with Crippen LogP contribution >= 0.6 is 15.9 Å². The maximum atomic E-state index is 13.1. The first kappa shape index (κ1) is 23.3. The molecule has 0 radical (unpaired) electrons. The van der Waals surface area contributed by atoms with Crippen molar-refractivity contribution >= 4 is 21.8 Å². The number of hydrogen-bond acceptors (Lipinski definition) is 5. The second kappa shape index (κ2) is 8.99. The molecule has 13 heteroatoms. The van der Waals surface area contributed by atoms with Gasteiger partial charge in [0.25, 0.3) is 12.3 Å². The van der Waals surface area contributed by atoms with E-state index in [4.69, 9.17) is 5.26 Å². The minimum Gasteiger partial charge on any atom is -0.342 e. The molecule has 2 heterocycles. The van der Waals surface area contributed by atoms with E-state index in [0.29, 0.717) is 23.8 Å². The SMILES string of the molecule is CC(NC(=O)c1cc(C(F)F)cc(C(F)(F)F)c1)c1nc(Br)nn1-c1ccc(C#N)cn1. The summed E-state index contributed by atoms with van der Waals surface area (Å²) in [5, 5.41) is 15.4. The lowest BCUT2D eigenvalue weighted by atomic mass is 10.0. The predicted molar refractivity (Wildman–Crippen MR) is 104 cm³/mol. The minimum atomic E-state index is -4.90. The summed E-state index contributed by atoms with van der Waals surface area (Å²) in [5.74, 6) is -0.593. The van der Waals surface area contributed by atoms with Crippen LogP contribution in [0.15, 0.2) is 41.3 Å². The lowest BCUT2D eigenvalue weighted by molar-refractivity contribution is -0.137. The van der Waals surface area contributed by atoms with Crippen molar-refractivity contribution in [2.24, 2.45) is 0 Å². The molecule has 2 aromatic heterocycles. The molecular weight excluding hydrogens is 503 g/mol. The van der Waals surface area contributed by atoms with Gasteiger partial charge in [0.2, 0.25) is 4.73 Å². The summed E-state index contributed by atoms with van der Waals surface area (Å²) in [4.78, 5) is 20.8. The maximum Gasteiger partial charge on any atom is 0.416 e. The molecule has 0 aliphatic carbocycles. The number of alkyl halides is 5. The zero-order valence-corrected chi connectivity index (χ0v) is 17.6. The van der Waals surface area contributed by atoms with Gasteiger partial charge >= 0.3 is 6.18 Å². The van der Waals surface area contributed by atoms with Crippen LogP contribution in [0.3, 0.4) is 0 Å². The second-order valence-corrected chi connectivity index (χ2v) is 7.21. The molecular formula is C19H12BrF5N6O. The summed E-state index contributed by atoms with van der Waals surface area (Å²) in [6, 6.07) is 5.48. The number of halogens is 6. The second-order valence-electron chi connectivity index (χ2n) is 6.51. The lowest BCUT2D eigenvalue weighted by Crippen LogP contribution is -2.29. The molecule has 7 nitrogen and oxygen atoms in total. The van der Waals surface area contributed by atoms with Gasteiger partial charge in [-0.15, -0.1) is 5.10 Å². The Hall–Kier alpha value is -3.40. The quantitative estimate of drug-likeness (QED) is 0.496. The molecule has 0 saturated carbocycles. The topological polar surface area (TPSA) is 96.5 Å². The van der Waals surface area contributed by atoms with E-state index in [2.05, 4.69) is 36.3 Å². The molecule has 0 fully saturated rings. The number of benzene rings is 1. The maximum absolute atomic E-state index is 13.1. The average molecular weight is 515 g/mol. The van der Waals surface area contributed by atoms with Crippen molar-refractivity contribution in [2.75, 3.05) is 0 Å². The summed E-state index contributed by atoms with van der Waals surface area (Å²) >= 11 is 3.10. The van der Waals surface area contributed by atoms with Gasteiger partial charge in [-0.1, -0.05) is 0 Å². The highest BCUT2D eigenvalue weighted by molar-refractivity contribution is 9.10. The van der Waals surface area contributed by atoms with E-state index in [1.807, 2.05) is 6.07 Å². The van der Waals surface area contributed by atoms with Crippen LogP contribution in [0.1, 0.15) is 52.3 Å². The third kappa shape index (κ3) is 5.08. The minimum absolute atomic E-state index is 0.138. The Morgan fingerprint density at radius 1 is 1.25 bits per heavy atom. The monoisotopic (exact) mass is 514 g/mol. The van der Waals surface area contributed by atoms with Crippen LogP contribution in [-0.4, -0.2) is 25.7 Å². The van der Waals surface area contributed by atoms with Crippen molar-refractivity contribution in [1.29, 1.82) is 5.26 Å². The van der Waals surface area contributed by atoms with Crippen LogP contribution in [0.5, 0.6) is 0 Å². The van der Waals surface area contributed by atoms with Gasteiger partial charge in [-0.05, 0) is 53.2 Å². The van der Waals surface area contributed by atoms with Crippen LogP contribution in [-0.2, 0) is 6.18 Å². The fraction of sp³-hybridized carbons (Fsp3) is 0.211. The van der Waals surface area contributed by atoms with E-state index >= 15 is 0 Å². The zero-order chi connectivity index (χ0) is 23.6. The number of hydrogen-bond donors (Lipinski definition) is 1. The molecule has 0 aliphatic rings. The van der Waals surface area contributed by atoms with E-state index in [-0.39, 0.29) is 16.4 Å². The number of nitrogens with zero attached hydrogens (tertiary/aromatic N) is 5. The highest BCUT2D eigenvalue weighted by atomic mass is 79.9. The van der Waals surface area contributed by atoms with Crippen molar-refractivity contribution in [3.8, 4) is 11.9 Å². The van der Waals surface area contributed by atoms with Crippen molar-refractivity contribution in [2.45, 2.75) is 25.6 Å². The van der Waals surface area contributed by atoms with Crippen molar-refractivity contribution < 1.29 is 26.7 Å². The highest BCUT2D eigenvalue weighted by Crippen LogP contribution is 2.33. The van der Waals surface area contributed by atoms with E-state index in [1.165, 1.54) is 29.9 Å². The standard InChI is InChI=1S/C19H12BrF5N6O/c1-9(16-29-18(20)30-31(16)14-3-2-10(7-26)8-27-14)28-17(32)12-4-11(15(21)22)5-13(6-12)19(23,24)25/h2-6,8-9,15H,1H3,(H,28,32). The highest BCUT2D eigenvalue weighted by Gasteiger charge is 2.33. The van der Waals surface area contributed by atoms with Gasteiger partial charge in [0, 0.05) is 17.3 Å². The number of aromatic nitrogens is 4. The Bertz CT molecular complexity index is 1190. The van der Waals surface area contributed by atoms with Gasteiger partial charge in [0.1, 0.15) is 6.07 Å². The van der Waals surface area contributed by atoms with Crippen molar-refractivity contribution in [3.63, 3.8) is 0 Å². The number of nitrogens with one attached hydrogen (secondary N) is 1. The fourth-order valence-electron chi connectivity index (χ4n) is 2.74. The summed E-state index contributed by atoms with van der Waals surface area (Å²) in [7, 11) is 0. The van der Waals surface area contributed by atoms with Crippen LogP contribution in [0.2, 0.25) is 0 Å². The molecule has 1 amide bonds. The number of pyridine rings is 1. The zero-order valence-electron chi connectivity index (χ0n) is 16.0. The third-order valence-corrected chi connectivity index (χ3v) is 4.57. The Kier molecular flexibility index (Phi) is 6.54. The summed E-state index contributed by atoms with van der Waals surface area (Å²) in [6.07, 6.45) is -6.80. The van der Waals surface area contributed by atoms with Gasteiger partial charge in [-0.3, -0.25) is 4.79 Å². The predicted octanol–water partition coefficient (Wildman–Crippen LogP) is 4.74. The molecule has 1 unspecified atom stereocenters. The van der Waals surface area contributed by atoms with Crippen molar-refractivity contribution in [3.05, 3.63) is 69.3 Å². The van der Waals surface area contributed by atoms with Crippen molar-refractivity contribution in [1.82, 2.24) is 25.1 Å². The Morgan fingerprint density at radius 3 is 2.53 bits per heavy atom. The first-order valence-corrected chi connectivity index (χ1v) is 9.59. The number of nitriles is 1. The summed E-state index contributed by atoms with van der Waals surface area (Å²) in [5.41, 5.74) is -2.56. The Labute approximate surface area is 186 Å². The normalized spacial score (nSPS) is 12.5. The molecule has 3 rings (SSSR count). The van der Waals surface area contributed by atoms with Gasteiger partial charge < -0.3 is 5.32 Å². The molecule has 1 atom stereocenters. The van der Waals surface area contributed by atoms with Crippen LogP contribution < -0.4 is 5.32 Å². The van der Waals surface area contributed by atoms with E-state index < -0.39 is 41.2 Å².